The van der Waals surface area contributed by atoms with Gasteiger partial charge in [0, 0.05) is 11.1 Å². The fraction of sp³-hybridized carbons (Fsp3) is 0.100. The molecule has 0 unspecified atom stereocenters. The Bertz CT molecular complexity index is 1150. The highest BCUT2D eigenvalue weighted by Crippen LogP contribution is 2.53. The van der Waals surface area contributed by atoms with Gasteiger partial charge in [-0.25, -0.2) is 8.42 Å². The minimum Gasteiger partial charge on any atom is -0.201 e. The lowest BCUT2D eigenvalue weighted by molar-refractivity contribution is 0.0863. The Labute approximate surface area is 150 Å². The molecular weight excluding hydrogens is 356 g/mol. The maximum Gasteiger partial charge on any atom is 0.365 e. The molecule has 0 amide bonds. The van der Waals surface area contributed by atoms with Crippen LogP contribution in [0, 0.1) is 6.92 Å². The fourth-order valence-corrected chi connectivity index (χ4v) is 4.78. The molecule has 0 N–H and O–H groups in total. The molecule has 3 aromatic carbocycles. The number of halogens is 2. The third kappa shape index (κ3) is 2.18. The van der Waals surface area contributed by atoms with Crippen molar-refractivity contribution in [3.8, 4) is 0 Å². The van der Waals surface area contributed by atoms with Crippen molar-refractivity contribution < 1.29 is 17.2 Å². The van der Waals surface area contributed by atoms with Crippen molar-refractivity contribution >= 4 is 32.1 Å². The van der Waals surface area contributed by atoms with Gasteiger partial charge < -0.3 is 0 Å². The molecule has 1 aliphatic rings. The summed E-state index contributed by atoms with van der Waals surface area (Å²) >= 11 is 0. The average Bonchev–Trinajstić information content (AvgIpc) is 2.82. The van der Waals surface area contributed by atoms with Crippen LogP contribution in [0.25, 0.3) is 16.3 Å². The highest BCUT2D eigenvalue weighted by molar-refractivity contribution is 7.93. The monoisotopic (exact) mass is 371 g/mol. The summed E-state index contributed by atoms with van der Waals surface area (Å²) in [6.45, 7) is 5.31. The van der Waals surface area contributed by atoms with Crippen LogP contribution < -0.4 is 4.31 Å². The van der Waals surface area contributed by atoms with Crippen molar-refractivity contribution in [3.63, 3.8) is 0 Å². The van der Waals surface area contributed by atoms with E-state index in [1.54, 1.807) is 49.4 Å². The maximum absolute atomic E-state index is 15.0. The van der Waals surface area contributed by atoms with Crippen LogP contribution in [-0.2, 0) is 10.0 Å². The number of hydrogen-bond donors (Lipinski definition) is 0. The number of benzene rings is 3. The SMILES string of the molecule is C=C1c2c(ccc3ccccc23)N(S(=O)(=O)c2ccc(C)cc2)C1(F)F. The van der Waals surface area contributed by atoms with Crippen LogP contribution in [-0.4, -0.2) is 14.5 Å². The van der Waals surface area contributed by atoms with Crippen LogP contribution in [0.5, 0.6) is 0 Å². The highest BCUT2D eigenvalue weighted by atomic mass is 32.2. The molecule has 0 bridgehead atoms. The first-order valence-electron chi connectivity index (χ1n) is 7.96. The van der Waals surface area contributed by atoms with Gasteiger partial charge >= 0.3 is 6.05 Å². The van der Waals surface area contributed by atoms with Crippen LogP contribution >= 0.6 is 0 Å². The van der Waals surface area contributed by atoms with Crippen LogP contribution in [0.4, 0.5) is 14.5 Å². The summed E-state index contributed by atoms with van der Waals surface area (Å²) in [6.07, 6.45) is 0. The second-order valence-corrected chi connectivity index (χ2v) is 8.07. The fourth-order valence-electron chi connectivity index (χ4n) is 3.27. The second kappa shape index (κ2) is 5.38. The molecule has 0 fully saturated rings. The van der Waals surface area contributed by atoms with Crippen molar-refractivity contribution in [3.05, 3.63) is 78.4 Å². The maximum atomic E-state index is 15.0. The number of hydrogen-bond acceptors (Lipinski definition) is 2. The topological polar surface area (TPSA) is 37.4 Å². The number of anilines is 1. The van der Waals surface area contributed by atoms with Crippen LogP contribution in [0.3, 0.4) is 0 Å². The predicted molar refractivity (Wildman–Crippen MR) is 98.8 cm³/mol. The molecule has 26 heavy (non-hydrogen) atoms. The van der Waals surface area contributed by atoms with Crippen molar-refractivity contribution in [2.75, 3.05) is 4.31 Å². The van der Waals surface area contributed by atoms with Gasteiger partial charge in [-0.05, 0) is 35.9 Å². The van der Waals surface area contributed by atoms with E-state index in [1.165, 1.54) is 18.2 Å². The summed E-state index contributed by atoms with van der Waals surface area (Å²) in [4.78, 5) is -0.184. The lowest BCUT2D eigenvalue weighted by Crippen LogP contribution is -2.42. The zero-order valence-electron chi connectivity index (χ0n) is 13.9. The number of rotatable bonds is 2. The van der Waals surface area contributed by atoms with Gasteiger partial charge in [0.05, 0.1) is 10.6 Å². The first-order chi connectivity index (χ1) is 12.2. The standard InChI is InChI=1S/C20H15F2NO2S/c1-13-7-10-16(11-8-13)26(24,25)23-18-12-9-15-5-3-4-6-17(15)19(18)14(2)20(23,21)22/h3-12H,2H2,1H3. The zero-order valence-corrected chi connectivity index (χ0v) is 14.7. The molecule has 0 saturated carbocycles. The van der Waals surface area contributed by atoms with Crippen LogP contribution in [0.1, 0.15) is 11.1 Å². The molecule has 1 heterocycles. The molecule has 0 aliphatic carbocycles. The van der Waals surface area contributed by atoms with E-state index in [2.05, 4.69) is 6.58 Å². The van der Waals surface area contributed by atoms with Gasteiger partial charge in [-0.15, -0.1) is 0 Å². The molecule has 0 spiro atoms. The molecule has 0 aromatic heterocycles. The highest BCUT2D eigenvalue weighted by Gasteiger charge is 2.55. The molecule has 132 valence electrons. The molecule has 6 heteroatoms. The van der Waals surface area contributed by atoms with E-state index in [0.717, 1.165) is 10.9 Å². The number of fused-ring (bicyclic) bond motifs is 3. The van der Waals surface area contributed by atoms with Gasteiger partial charge in [-0.1, -0.05) is 54.6 Å². The Morgan fingerprint density at radius 2 is 1.62 bits per heavy atom. The van der Waals surface area contributed by atoms with Crippen molar-refractivity contribution in [1.29, 1.82) is 0 Å². The van der Waals surface area contributed by atoms with Crippen molar-refractivity contribution in [2.24, 2.45) is 0 Å². The Morgan fingerprint density at radius 3 is 2.31 bits per heavy atom. The van der Waals surface area contributed by atoms with Gasteiger partial charge in [0.2, 0.25) is 0 Å². The van der Waals surface area contributed by atoms with E-state index in [-0.39, 0.29) is 20.5 Å². The molecule has 0 atom stereocenters. The van der Waals surface area contributed by atoms with Crippen LogP contribution in [0.15, 0.2) is 72.1 Å². The predicted octanol–water partition coefficient (Wildman–Crippen LogP) is 4.96. The molecule has 4 rings (SSSR count). The van der Waals surface area contributed by atoms with Gasteiger partial charge in [0.25, 0.3) is 10.0 Å². The van der Waals surface area contributed by atoms with Gasteiger partial charge in [-0.2, -0.15) is 13.1 Å². The average molecular weight is 371 g/mol. The molecule has 1 aliphatic heterocycles. The number of aryl methyl sites for hydroxylation is 1. The number of alkyl halides is 2. The summed E-state index contributed by atoms with van der Waals surface area (Å²) < 4.78 is 56.3. The lowest BCUT2D eigenvalue weighted by atomic mass is 9.99. The number of nitrogens with zero attached hydrogens (tertiary/aromatic N) is 1. The van der Waals surface area contributed by atoms with E-state index in [4.69, 9.17) is 0 Å². The van der Waals surface area contributed by atoms with E-state index >= 15 is 8.78 Å². The van der Waals surface area contributed by atoms with Crippen molar-refractivity contribution in [2.45, 2.75) is 17.9 Å². The van der Waals surface area contributed by atoms with Gasteiger partial charge in [-0.3, -0.25) is 0 Å². The zero-order chi connectivity index (χ0) is 18.7. The Hall–Kier alpha value is -2.73. The normalized spacial score (nSPS) is 16.1. The summed E-state index contributed by atoms with van der Waals surface area (Å²) in [5, 5.41) is 1.30. The third-order valence-corrected chi connectivity index (χ3v) is 6.38. The van der Waals surface area contributed by atoms with E-state index in [1.807, 2.05) is 0 Å². The molecule has 0 radical (unpaired) electrons. The first kappa shape index (κ1) is 16.7. The first-order valence-corrected chi connectivity index (χ1v) is 9.40. The van der Waals surface area contributed by atoms with Crippen LogP contribution in [0.2, 0.25) is 0 Å². The minimum absolute atomic E-state index is 0.0562. The van der Waals surface area contributed by atoms with E-state index < -0.39 is 21.6 Å². The van der Waals surface area contributed by atoms with E-state index in [0.29, 0.717) is 5.39 Å². The van der Waals surface area contributed by atoms with Gasteiger partial charge in [0.1, 0.15) is 0 Å². The summed E-state index contributed by atoms with van der Waals surface area (Å²) in [5.74, 6) is 0. The Balaban J connectivity index is 2.00. The van der Waals surface area contributed by atoms with Crippen molar-refractivity contribution in [1.82, 2.24) is 0 Å². The smallest absolute Gasteiger partial charge is 0.201 e. The molecular formula is C20H15F2NO2S. The Morgan fingerprint density at radius 1 is 0.962 bits per heavy atom. The summed E-state index contributed by atoms with van der Waals surface area (Å²) in [5.41, 5.74) is 0.441. The molecule has 3 nitrogen and oxygen atoms in total. The summed E-state index contributed by atoms with van der Waals surface area (Å²) in [7, 11) is -4.46. The molecule has 0 saturated heterocycles. The Kier molecular flexibility index (Phi) is 3.46. The van der Waals surface area contributed by atoms with Gasteiger partial charge in [0.15, 0.2) is 0 Å². The minimum atomic E-state index is -4.46. The second-order valence-electron chi connectivity index (χ2n) is 6.28. The quantitative estimate of drug-likeness (QED) is 0.597. The summed E-state index contributed by atoms with van der Waals surface area (Å²) in [6, 6.07) is 12.2. The third-order valence-electron chi connectivity index (χ3n) is 4.60. The van der Waals surface area contributed by atoms with E-state index in [9.17, 15) is 8.42 Å². The lowest BCUT2D eigenvalue weighted by Gasteiger charge is -2.26. The molecule has 3 aromatic rings. The number of sulfonamides is 1. The largest absolute Gasteiger partial charge is 0.365 e.